The summed E-state index contributed by atoms with van der Waals surface area (Å²) in [5.74, 6) is -0.642. The van der Waals surface area contributed by atoms with Crippen LogP contribution < -0.4 is 10.1 Å². The van der Waals surface area contributed by atoms with Crippen LogP contribution in [0, 0.1) is 11.2 Å². The molecule has 4 aromatic rings. The number of carbonyl (C=O) groups excluding carboxylic acids is 2. The molecule has 2 aliphatic rings. The van der Waals surface area contributed by atoms with E-state index < -0.39 is 11.2 Å². The molecule has 2 aromatic heterocycles. The van der Waals surface area contributed by atoms with Gasteiger partial charge in [0, 0.05) is 35.7 Å². The highest BCUT2D eigenvalue weighted by Gasteiger charge is 2.44. The molecule has 6 rings (SSSR count). The van der Waals surface area contributed by atoms with Crippen LogP contribution in [0.5, 0.6) is 11.6 Å². The average Bonchev–Trinajstić information content (AvgIpc) is 3.48. The lowest BCUT2D eigenvalue weighted by atomic mass is 9.69. The van der Waals surface area contributed by atoms with Crippen molar-refractivity contribution in [3.05, 3.63) is 82.6 Å². The van der Waals surface area contributed by atoms with Gasteiger partial charge < -0.3 is 19.7 Å². The largest absolute Gasteiger partial charge is 0.438 e. The normalized spacial score (nSPS) is 16.5. The van der Waals surface area contributed by atoms with E-state index in [1.54, 1.807) is 22.5 Å². The van der Waals surface area contributed by atoms with Gasteiger partial charge in [-0.15, -0.1) is 10.2 Å². The van der Waals surface area contributed by atoms with Crippen LogP contribution in [0.25, 0.3) is 11.3 Å². The Hall–Kier alpha value is -4.22. The molecule has 0 spiro atoms. The van der Waals surface area contributed by atoms with Gasteiger partial charge in [-0.1, -0.05) is 55.5 Å². The highest BCUT2D eigenvalue weighted by molar-refractivity contribution is 7.13. The average molecular weight is 560 g/mol. The number of ether oxygens (including phenoxy) is 2. The Morgan fingerprint density at radius 3 is 2.62 bits per heavy atom. The van der Waals surface area contributed by atoms with E-state index in [0.717, 1.165) is 11.1 Å². The van der Waals surface area contributed by atoms with E-state index in [9.17, 15) is 9.59 Å². The Morgan fingerprint density at radius 2 is 1.88 bits per heavy atom. The number of hydrogen-bond acceptors (Lipinski definition) is 8. The number of morpholine rings is 1. The zero-order chi connectivity index (χ0) is 27.9. The number of benzene rings is 2. The maximum Gasteiger partial charge on any atom is 0.256 e. The number of nitrogens with zero attached hydrogens (tertiary/aromatic N) is 4. The topological polar surface area (TPSA) is 107 Å². The highest BCUT2D eigenvalue weighted by Crippen LogP contribution is 2.52. The van der Waals surface area contributed by atoms with E-state index in [0.29, 0.717) is 54.3 Å². The van der Waals surface area contributed by atoms with Crippen molar-refractivity contribution in [1.29, 1.82) is 0 Å². The molecule has 2 aliphatic heterocycles. The Balaban J connectivity index is 1.34. The summed E-state index contributed by atoms with van der Waals surface area (Å²) in [4.78, 5) is 32.6. The molecule has 11 heteroatoms. The number of anilines is 1. The summed E-state index contributed by atoms with van der Waals surface area (Å²) in [5.41, 5.74) is 3.23. The molecule has 40 heavy (non-hydrogen) atoms. The molecule has 4 heterocycles. The van der Waals surface area contributed by atoms with E-state index in [2.05, 4.69) is 15.5 Å². The molecule has 9 nitrogen and oxygen atoms in total. The van der Waals surface area contributed by atoms with Gasteiger partial charge in [-0.2, -0.15) is 0 Å². The summed E-state index contributed by atoms with van der Waals surface area (Å²) < 4.78 is 26.6. The second kappa shape index (κ2) is 10.4. The van der Waals surface area contributed by atoms with Gasteiger partial charge >= 0.3 is 0 Å². The smallest absolute Gasteiger partial charge is 0.256 e. The third-order valence-corrected chi connectivity index (χ3v) is 7.92. The van der Waals surface area contributed by atoms with Crippen molar-refractivity contribution in [1.82, 2.24) is 20.1 Å². The number of amides is 2. The molecule has 0 unspecified atom stereocenters. The third-order valence-electron chi connectivity index (χ3n) is 7.32. The Morgan fingerprint density at radius 1 is 1.07 bits per heavy atom. The number of rotatable bonds is 5. The number of halogens is 1. The van der Waals surface area contributed by atoms with E-state index in [4.69, 9.17) is 14.5 Å². The Bertz CT molecular complexity index is 1590. The summed E-state index contributed by atoms with van der Waals surface area (Å²) in [6.45, 7) is 5.48. The third kappa shape index (κ3) is 4.71. The molecule has 0 radical (unpaired) electrons. The van der Waals surface area contributed by atoms with Crippen LogP contribution in [0.3, 0.4) is 0 Å². The fourth-order valence-corrected chi connectivity index (χ4v) is 5.62. The predicted octanol–water partition coefficient (Wildman–Crippen LogP) is 5.11. The standard InChI is InChI=1S/C29H26FN5O4S/c1-29(2,27(37)33-28-34-31-16-40-28)24-19-5-3-4-6-23(19)39-25-20(24)9-10-22(32-25)17-7-8-18(21(30)15-17)26(36)35-11-13-38-14-12-35/h3-10,15-16,24H,11-14H2,1-2H3,(H,33,34,37)/t24-/m0/s1. The SMILES string of the molecule is CC(C)(C(=O)Nc1nncs1)[C@H]1c2ccccc2Oc2nc(-c3ccc(C(=O)N4CCOCC4)c(F)c3)ccc21. The van der Waals surface area contributed by atoms with Crippen molar-refractivity contribution < 1.29 is 23.5 Å². The summed E-state index contributed by atoms with van der Waals surface area (Å²) in [5, 5.41) is 11.0. The number of hydrogen-bond donors (Lipinski definition) is 1. The summed E-state index contributed by atoms with van der Waals surface area (Å²) in [7, 11) is 0. The lowest BCUT2D eigenvalue weighted by Gasteiger charge is -2.37. The summed E-state index contributed by atoms with van der Waals surface area (Å²) in [6.07, 6.45) is 0. The van der Waals surface area contributed by atoms with Gasteiger partial charge in [0.05, 0.1) is 29.9 Å². The monoisotopic (exact) mass is 559 g/mol. The lowest BCUT2D eigenvalue weighted by Crippen LogP contribution is -2.41. The van der Waals surface area contributed by atoms with Gasteiger partial charge in [0.2, 0.25) is 16.9 Å². The first-order valence-electron chi connectivity index (χ1n) is 12.8. The summed E-state index contributed by atoms with van der Waals surface area (Å²) >= 11 is 1.25. The first-order chi connectivity index (χ1) is 19.3. The van der Waals surface area contributed by atoms with Crippen LogP contribution in [0.15, 0.2) is 60.1 Å². The number of aromatic nitrogens is 3. The first-order valence-corrected chi connectivity index (χ1v) is 13.7. The fraction of sp³-hybridized carbons (Fsp3) is 0.276. The quantitative estimate of drug-likeness (QED) is 0.362. The van der Waals surface area contributed by atoms with Crippen molar-refractivity contribution in [2.45, 2.75) is 19.8 Å². The fourth-order valence-electron chi connectivity index (χ4n) is 5.18. The number of fused-ring (bicyclic) bond motifs is 2. The molecule has 1 atom stereocenters. The van der Waals surface area contributed by atoms with Gasteiger partial charge in [0.25, 0.3) is 5.91 Å². The second-order valence-corrected chi connectivity index (χ2v) is 11.0. The summed E-state index contributed by atoms with van der Waals surface area (Å²) in [6, 6.07) is 15.7. The van der Waals surface area contributed by atoms with Crippen LogP contribution in [0.4, 0.5) is 9.52 Å². The number of nitrogens with one attached hydrogen (secondary N) is 1. The van der Waals surface area contributed by atoms with Crippen LogP contribution in [0.2, 0.25) is 0 Å². The van der Waals surface area contributed by atoms with E-state index in [-0.39, 0.29) is 23.3 Å². The van der Waals surface area contributed by atoms with Crippen molar-refractivity contribution >= 4 is 28.3 Å². The van der Waals surface area contributed by atoms with Gasteiger partial charge in [-0.25, -0.2) is 9.37 Å². The minimum Gasteiger partial charge on any atom is -0.438 e. The molecule has 2 amide bonds. The zero-order valence-corrected chi connectivity index (χ0v) is 22.7. The molecule has 1 N–H and O–H groups in total. The van der Waals surface area contributed by atoms with Crippen molar-refractivity contribution in [2.24, 2.45) is 5.41 Å². The Kier molecular flexibility index (Phi) is 6.77. The van der Waals surface area contributed by atoms with Gasteiger partial charge in [-0.3, -0.25) is 9.59 Å². The molecule has 0 saturated carbocycles. The number of pyridine rings is 1. The molecular weight excluding hydrogens is 533 g/mol. The maximum absolute atomic E-state index is 15.1. The van der Waals surface area contributed by atoms with Crippen LogP contribution in [-0.2, 0) is 9.53 Å². The minimum atomic E-state index is -0.920. The van der Waals surface area contributed by atoms with Gasteiger partial charge in [0.15, 0.2) is 0 Å². The van der Waals surface area contributed by atoms with Crippen LogP contribution in [0.1, 0.15) is 41.3 Å². The molecule has 1 fully saturated rings. The zero-order valence-electron chi connectivity index (χ0n) is 21.9. The minimum absolute atomic E-state index is 0.0112. The molecule has 1 saturated heterocycles. The van der Waals surface area contributed by atoms with Crippen molar-refractivity contribution in [3.63, 3.8) is 0 Å². The first kappa shape index (κ1) is 26.0. The number of carbonyl (C=O) groups is 2. The maximum atomic E-state index is 15.1. The second-order valence-electron chi connectivity index (χ2n) is 10.2. The van der Waals surface area contributed by atoms with E-state index in [1.807, 2.05) is 44.2 Å². The Labute approximate surface area is 234 Å². The van der Waals surface area contributed by atoms with Crippen molar-refractivity contribution in [3.8, 4) is 22.9 Å². The molecule has 0 aliphatic carbocycles. The van der Waals surface area contributed by atoms with E-state index >= 15 is 4.39 Å². The number of para-hydroxylation sites is 1. The molecule has 204 valence electrons. The highest BCUT2D eigenvalue weighted by atomic mass is 32.1. The van der Waals surface area contributed by atoms with Crippen LogP contribution >= 0.6 is 11.3 Å². The predicted molar refractivity (Wildman–Crippen MR) is 147 cm³/mol. The lowest BCUT2D eigenvalue weighted by molar-refractivity contribution is -0.124. The van der Waals surface area contributed by atoms with Gasteiger partial charge in [0.1, 0.15) is 17.1 Å². The molecule has 2 aromatic carbocycles. The van der Waals surface area contributed by atoms with Crippen molar-refractivity contribution in [2.75, 3.05) is 31.6 Å². The van der Waals surface area contributed by atoms with E-state index in [1.165, 1.54) is 23.5 Å². The van der Waals surface area contributed by atoms with Crippen LogP contribution in [-0.4, -0.2) is 58.2 Å². The molecular formula is C29H26FN5O4S. The molecule has 0 bridgehead atoms. The van der Waals surface area contributed by atoms with Gasteiger partial charge in [-0.05, 0) is 24.3 Å².